The summed E-state index contributed by atoms with van der Waals surface area (Å²) in [6.45, 7) is 2.76. The summed E-state index contributed by atoms with van der Waals surface area (Å²) < 4.78 is 58.3. The zero-order valence-electron chi connectivity index (χ0n) is 19.5. The fourth-order valence-electron chi connectivity index (χ4n) is 4.62. The molecule has 35 heavy (non-hydrogen) atoms. The summed E-state index contributed by atoms with van der Waals surface area (Å²) in [7, 11) is -7.23. The molecule has 11 heteroatoms. The molecule has 190 valence electrons. The van der Waals surface area contributed by atoms with E-state index < -0.39 is 31.8 Å². The molecule has 0 aromatic heterocycles. The third-order valence-electron chi connectivity index (χ3n) is 6.42. The van der Waals surface area contributed by atoms with Crippen LogP contribution in [0.3, 0.4) is 0 Å². The van der Waals surface area contributed by atoms with Gasteiger partial charge in [0.05, 0.1) is 38.8 Å². The van der Waals surface area contributed by atoms with Crippen LogP contribution in [0.25, 0.3) is 0 Å². The lowest BCUT2D eigenvalue weighted by molar-refractivity contribution is 0.0441. The topological polar surface area (TPSA) is 101 Å². The number of sulfonamides is 1. The molecule has 2 atom stereocenters. The average Bonchev–Trinajstić information content (AvgIpc) is 3.47. The number of hydrogen-bond acceptors (Lipinski definition) is 6. The monoisotopic (exact) mass is 540 g/mol. The average molecular weight is 541 g/mol. The third-order valence-corrected chi connectivity index (χ3v) is 10.4. The Balaban J connectivity index is 1.69. The van der Waals surface area contributed by atoms with E-state index in [1.165, 1.54) is 27.4 Å². The zero-order chi connectivity index (χ0) is 25.2. The van der Waals surface area contributed by atoms with E-state index in [0.717, 1.165) is 12.8 Å². The first-order valence-electron chi connectivity index (χ1n) is 11.6. The van der Waals surface area contributed by atoms with Crippen molar-refractivity contribution >= 4 is 43.1 Å². The fourth-order valence-corrected chi connectivity index (χ4v) is 8.05. The van der Waals surface area contributed by atoms with Crippen molar-refractivity contribution in [1.82, 2.24) is 4.90 Å². The molecule has 2 heterocycles. The van der Waals surface area contributed by atoms with Crippen molar-refractivity contribution in [3.05, 3.63) is 59.1 Å². The normalized spacial score (nSPS) is 21.7. The number of nitrogens with zero attached hydrogens (tertiary/aromatic N) is 2. The van der Waals surface area contributed by atoms with Gasteiger partial charge in [-0.15, -0.1) is 0 Å². The van der Waals surface area contributed by atoms with E-state index in [0.29, 0.717) is 18.7 Å². The van der Waals surface area contributed by atoms with Gasteiger partial charge in [0.15, 0.2) is 9.84 Å². The maximum absolute atomic E-state index is 13.7. The molecular weight excluding hydrogens is 512 g/mol. The van der Waals surface area contributed by atoms with Crippen molar-refractivity contribution < 1.29 is 26.4 Å². The Morgan fingerprint density at radius 3 is 2.49 bits per heavy atom. The molecule has 0 saturated carbocycles. The first kappa shape index (κ1) is 25.9. The van der Waals surface area contributed by atoms with E-state index in [4.69, 9.17) is 16.3 Å². The molecule has 2 aliphatic rings. The van der Waals surface area contributed by atoms with Crippen LogP contribution < -0.4 is 4.31 Å². The standard InChI is InChI=1S/C24H29ClN2O6S2/c1-2-27(18-7-4-3-5-8-18)35(31,32)21-10-11-23(25)22(15-21)24(28)26(16-20-9-6-13-33-20)19-12-14-34(29,30)17-19/h3-5,7-8,10-11,15,19-20H,2,6,9,12-14,16-17H2,1H3/t19-,20-/m0/s1. The summed E-state index contributed by atoms with van der Waals surface area (Å²) in [5.41, 5.74) is 0.535. The number of carbonyl (C=O) groups excluding carboxylic acids is 1. The van der Waals surface area contributed by atoms with Crippen LogP contribution in [0, 0.1) is 0 Å². The lowest BCUT2D eigenvalue weighted by Crippen LogP contribution is -2.45. The van der Waals surface area contributed by atoms with Gasteiger partial charge < -0.3 is 9.64 Å². The van der Waals surface area contributed by atoms with Gasteiger partial charge >= 0.3 is 0 Å². The Bertz CT molecular complexity index is 1280. The van der Waals surface area contributed by atoms with E-state index in [1.54, 1.807) is 37.3 Å². The third kappa shape index (κ3) is 5.66. The second-order valence-corrected chi connectivity index (χ2v) is 13.3. The van der Waals surface area contributed by atoms with Crippen LogP contribution in [-0.2, 0) is 24.6 Å². The molecule has 2 aromatic carbocycles. The summed E-state index contributed by atoms with van der Waals surface area (Å²) in [4.78, 5) is 15.2. The van der Waals surface area contributed by atoms with E-state index >= 15 is 0 Å². The van der Waals surface area contributed by atoms with Crippen LogP contribution in [0.2, 0.25) is 5.02 Å². The van der Waals surface area contributed by atoms with Gasteiger partial charge in [-0.3, -0.25) is 9.10 Å². The van der Waals surface area contributed by atoms with Crippen LogP contribution in [0.5, 0.6) is 0 Å². The van der Waals surface area contributed by atoms with Gasteiger partial charge in [-0.2, -0.15) is 0 Å². The van der Waals surface area contributed by atoms with Crippen molar-refractivity contribution in [3.8, 4) is 0 Å². The number of anilines is 1. The number of carbonyl (C=O) groups is 1. The van der Waals surface area contributed by atoms with Crippen LogP contribution in [0.1, 0.15) is 36.5 Å². The van der Waals surface area contributed by atoms with Gasteiger partial charge in [-0.05, 0) is 56.5 Å². The number of benzene rings is 2. The first-order chi connectivity index (χ1) is 16.6. The number of hydrogen-bond donors (Lipinski definition) is 0. The Morgan fingerprint density at radius 2 is 1.89 bits per heavy atom. The first-order valence-corrected chi connectivity index (χ1v) is 15.3. The lowest BCUT2D eigenvalue weighted by atomic mass is 10.1. The molecule has 8 nitrogen and oxygen atoms in total. The Morgan fingerprint density at radius 1 is 1.14 bits per heavy atom. The highest BCUT2D eigenvalue weighted by Crippen LogP contribution is 2.29. The largest absolute Gasteiger partial charge is 0.376 e. The maximum Gasteiger partial charge on any atom is 0.264 e. The molecule has 0 N–H and O–H groups in total. The summed E-state index contributed by atoms with van der Waals surface area (Å²) in [6.07, 6.45) is 1.78. The highest BCUT2D eigenvalue weighted by Gasteiger charge is 2.37. The molecule has 2 aromatic rings. The van der Waals surface area contributed by atoms with Crippen LogP contribution >= 0.6 is 11.6 Å². The van der Waals surface area contributed by atoms with Crippen molar-refractivity contribution in [2.45, 2.75) is 43.2 Å². The minimum atomic E-state index is -3.98. The number of halogens is 1. The molecule has 0 radical (unpaired) electrons. The van der Waals surface area contributed by atoms with E-state index in [2.05, 4.69) is 0 Å². The van der Waals surface area contributed by atoms with Gasteiger partial charge in [-0.1, -0.05) is 29.8 Å². The lowest BCUT2D eigenvalue weighted by Gasteiger charge is -2.31. The van der Waals surface area contributed by atoms with Gasteiger partial charge in [-0.25, -0.2) is 16.8 Å². The number of rotatable bonds is 8. The molecule has 0 spiro atoms. The van der Waals surface area contributed by atoms with E-state index in [-0.39, 0.29) is 46.2 Å². The van der Waals surface area contributed by atoms with Crippen molar-refractivity contribution in [2.24, 2.45) is 0 Å². The molecule has 2 fully saturated rings. The van der Waals surface area contributed by atoms with E-state index in [1.807, 2.05) is 0 Å². The molecule has 2 aliphatic heterocycles. The predicted octanol–water partition coefficient (Wildman–Crippen LogP) is 3.36. The van der Waals surface area contributed by atoms with Crippen LogP contribution in [0.15, 0.2) is 53.4 Å². The SMILES string of the molecule is CCN(c1ccccc1)S(=O)(=O)c1ccc(Cl)c(C(=O)N(C[C@@H]2CCCO2)[C@H]2CCS(=O)(=O)C2)c1. The number of amides is 1. The van der Waals surface area contributed by atoms with E-state index in [9.17, 15) is 21.6 Å². The molecular formula is C24H29ClN2O6S2. The summed E-state index contributed by atoms with van der Waals surface area (Å²) in [6, 6.07) is 12.3. The summed E-state index contributed by atoms with van der Waals surface area (Å²) in [5.74, 6) is -0.608. The second-order valence-electron chi connectivity index (χ2n) is 8.80. The molecule has 0 unspecified atom stereocenters. The summed E-state index contributed by atoms with van der Waals surface area (Å²) >= 11 is 6.39. The molecule has 0 bridgehead atoms. The van der Waals surface area contributed by atoms with Gasteiger partial charge in [0.1, 0.15) is 0 Å². The van der Waals surface area contributed by atoms with Crippen molar-refractivity contribution in [1.29, 1.82) is 0 Å². The summed E-state index contributed by atoms with van der Waals surface area (Å²) in [5, 5.41) is 0.106. The zero-order valence-corrected chi connectivity index (χ0v) is 21.9. The highest BCUT2D eigenvalue weighted by molar-refractivity contribution is 7.92. The predicted molar refractivity (Wildman–Crippen MR) is 135 cm³/mol. The molecule has 2 saturated heterocycles. The minimum absolute atomic E-state index is 0.0116. The van der Waals surface area contributed by atoms with Crippen molar-refractivity contribution in [3.63, 3.8) is 0 Å². The van der Waals surface area contributed by atoms with Crippen LogP contribution in [0.4, 0.5) is 5.69 Å². The quantitative estimate of drug-likeness (QED) is 0.509. The second kappa shape index (κ2) is 10.5. The Labute approximate surface area is 211 Å². The number of ether oxygens (including phenoxy) is 1. The Hall–Kier alpha value is -2.14. The van der Waals surface area contributed by atoms with Gasteiger partial charge in [0.2, 0.25) is 0 Å². The maximum atomic E-state index is 13.7. The highest BCUT2D eigenvalue weighted by atomic mass is 35.5. The number of sulfone groups is 1. The molecule has 4 rings (SSSR count). The molecule has 1 amide bonds. The van der Waals surface area contributed by atoms with Crippen molar-refractivity contribution in [2.75, 3.05) is 35.5 Å². The van der Waals surface area contributed by atoms with Gasteiger partial charge in [0.25, 0.3) is 15.9 Å². The molecule has 0 aliphatic carbocycles. The minimum Gasteiger partial charge on any atom is -0.376 e. The Kier molecular flexibility index (Phi) is 7.75. The van der Waals surface area contributed by atoms with Gasteiger partial charge in [0, 0.05) is 25.7 Å². The fraction of sp³-hybridized carbons (Fsp3) is 0.458. The van der Waals surface area contributed by atoms with Crippen LogP contribution in [-0.4, -0.2) is 71.0 Å². The number of para-hydroxylation sites is 1. The smallest absolute Gasteiger partial charge is 0.264 e.